The zero-order valence-electron chi connectivity index (χ0n) is 10.1. The molecule has 0 aromatic heterocycles. The Hall–Kier alpha value is -1.35. The summed E-state index contributed by atoms with van der Waals surface area (Å²) in [5.74, 6) is -0.135. The van der Waals surface area contributed by atoms with Gasteiger partial charge in [0.1, 0.15) is 6.61 Å². The molecule has 1 saturated carbocycles. The van der Waals surface area contributed by atoms with Gasteiger partial charge in [-0.25, -0.2) is 0 Å². The highest BCUT2D eigenvalue weighted by molar-refractivity contribution is 5.78. The number of ether oxygens (including phenoxy) is 1. The van der Waals surface area contributed by atoms with Gasteiger partial charge in [-0.15, -0.1) is 0 Å². The lowest BCUT2D eigenvalue weighted by atomic mass is 9.92. The second-order valence-electron chi connectivity index (χ2n) is 4.68. The molecule has 0 bridgehead atoms. The maximum absolute atomic E-state index is 11.2. The number of nitrogens with one attached hydrogen (secondary N) is 1. The Kier molecular flexibility index (Phi) is 3.79. The molecular formula is C14H19NO2. The zero-order valence-corrected chi connectivity index (χ0v) is 10.1. The lowest BCUT2D eigenvalue weighted by molar-refractivity contribution is -0.125. The monoisotopic (exact) mass is 233 g/mol. The van der Waals surface area contributed by atoms with E-state index in [1.54, 1.807) is 0 Å². The highest BCUT2D eigenvalue weighted by Crippen LogP contribution is 2.53. The van der Waals surface area contributed by atoms with Gasteiger partial charge in [-0.2, -0.15) is 0 Å². The molecule has 0 radical (unpaired) electrons. The van der Waals surface area contributed by atoms with Crippen molar-refractivity contribution in [2.75, 3.05) is 13.2 Å². The van der Waals surface area contributed by atoms with Crippen LogP contribution in [0.4, 0.5) is 0 Å². The predicted octanol–water partition coefficient (Wildman–Crippen LogP) is 2.32. The second-order valence-corrected chi connectivity index (χ2v) is 4.68. The Labute approximate surface area is 102 Å². The summed E-state index contributed by atoms with van der Waals surface area (Å²) < 4.78 is 5.49. The normalized spacial score (nSPS) is 20.6. The van der Waals surface area contributed by atoms with Gasteiger partial charge in [0.2, 0.25) is 5.91 Å². The van der Waals surface area contributed by atoms with E-state index >= 15 is 0 Å². The van der Waals surface area contributed by atoms with Crippen molar-refractivity contribution < 1.29 is 9.53 Å². The van der Waals surface area contributed by atoms with E-state index in [-0.39, 0.29) is 17.9 Å². The van der Waals surface area contributed by atoms with Crippen LogP contribution >= 0.6 is 0 Å². The standard InChI is InChI=1S/C14H19NO2/c1-2-15-13(16)10-17-11-14(8-9-14)12-6-4-3-5-7-12/h2,4,6-7H,1,3,5,8-11H2,(H,15,16). The van der Waals surface area contributed by atoms with E-state index in [2.05, 4.69) is 30.1 Å². The Morgan fingerprint density at radius 2 is 2.35 bits per heavy atom. The molecule has 0 aliphatic heterocycles. The summed E-state index contributed by atoms with van der Waals surface area (Å²) in [5, 5.41) is 2.50. The van der Waals surface area contributed by atoms with Gasteiger partial charge >= 0.3 is 0 Å². The molecule has 0 heterocycles. The maximum atomic E-state index is 11.2. The van der Waals surface area contributed by atoms with Gasteiger partial charge in [-0.1, -0.05) is 24.8 Å². The molecule has 3 nitrogen and oxygen atoms in total. The molecule has 92 valence electrons. The Bertz CT molecular complexity index is 364. The summed E-state index contributed by atoms with van der Waals surface area (Å²) in [6.45, 7) is 4.20. The molecule has 3 heteroatoms. The zero-order chi connectivity index (χ0) is 12.1. The van der Waals surface area contributed by atoms with Crippen LogP contribution in [-0.4, -0.2) is 19.1 Å². The smallest absolute Gasteiger partial charge is 0.249 e. The number of allylic oxidation sites excluding steroid dienone is 3. The quantitative estimate of drug-likeness (QED) is 0.764. The van der Waals surface area contributed by atoms with Gasteiger partial charge in [0.25, 0.3) is 0 Å². The van der Waals surface area contributed by atoms with E-state index in [9.17, 15) is 4.79 Å². The second kappa shape index (κ2) is 5.32. The van der Waals surface area contributed by atoms with Crippen LogP contribution in [0, 0.1) is 5.41 Å². The van der Waals surface area contributed by atoms with Crippen molar-refractivity contribution in [3.8, 4) is 0 Å². The SMILES string of the molecule is C=CNC(=O)COCC1(C2=CCCC=C2)CC1. The third kappa shape index (κ3) is 3.07. The van der Waals surface area contributed by atoms with Gasteiger partial charge in [0.05, 0.1) is 6.61 Å². The first-order valence-corrected chi connectivity index (χ1v) is 6.12. The number of amides is 1. The number of hydrogen-bond donors (Lipinski definition) is 1. The van der Waals surface area contributed by atoms with E-state index in [4.69, 9.17) is 4.74 Å². The minimum Gasteiger partial charge on any atom is -0.371 e. The molecule has 0 atom stereocenters. The highest BCUT2D eigenvalue weighted by atomic mass is 16.5. The fourth-order valence-corrected chi connectivity index (χ4v) is 2.17. The lowest BCUT2D eigenvalue weighted by Gasteiger charge is -2.18. The van der Waals surface area contributed by atoms with E-state index in [0.29, 0.717) is 6.61 Å². The van der Waals surface area contributed by atoms with Gasteiger partial charge in [-0.05, 0) is 37.5 Å². The molecule has 2 aliphatic rings. The minimum absolute atomic E-state index is 0.116. The van der Waals surface area contributed by atoms with Crippen molar-refractivity contribution >= 4 is 5.91 Å². The number of carbonyl (C=O) groups is 1. The van der Waals surface area contributed by atoms with Crippen molar-refractivity contribution in [1.29, 1.82) is 0 Å². The van der Waals surface area contributed by atoms with Crippen molar-refractivity contribution in [2.45, 2.75) is 25.7 Å². The average molecular weight is 233 g/mol. The lowest BCUT2D eigenvalue weighted by Crippen LogP contribution is -2.24. The molecule has 0 unspecified atom stereocenters. The molecule has 1 fully saturated rings. The first kappa shape index (κ1) is 12.1. The van der Waals surface area contributed by atoms with Crippen LogP contribution < -0.4 is 5.32 Å². The third-order valence-electron chi connectivity index (χ3n) is 3.34. The summed E-state index contributed by atoms with van der Waals surface area (Å²) in [5.41, 5.74) is 1.60. The molecule has 1 amide bonds. The van der Waals surface area contributed by atoms with Crippen LogP contribution in [0.1, 0.15) is 25.7 Å². The van der Waals surface area contributed by atoms with Crippen molar-refractivity contribution in [1.82, 2.24) is 5.32 Å². The minimum atomic E-state index is -0.135. The van der Waals surface area contributed by atoms with Crippen LogP contribution in [0.25, 0.3) is 0 Å². The van der Waals surface area contributed by atoms with E-state index in [1.807, 2.05) is 0 Å². The first-order chi connectivity index (χ1) is 8.27. The molecule has 0 spiro atoms. The van der Waals surface area contributed by atoms with Gasteiger partial charge < -0.3 is 10.1 Å². The number of hydrogen-bond acceptors (Lipinski definition) is 2. The van der Waals surface area contributed by atoms with E-state index < -0.39 is 0 Å². The van der Waals surface area contributed by atoms with E-state index in [1.165, 1.54) is 24.6 Å². The third-order valence-corrected chi connectivity index (χ3v) is 3.34. The summed E-state index contributed by atoms with van der Waals surface area (Å²) in [6, 6.07) is 0. The van der Waals surface area contributed by atoms with Crippen LogP contribution in [0.3, 0.4) is 0 Å². The van der Waals surface area contributed by atoms with Crippen molar-refractivity contribution in [3.63, 3.8) is 0 Å². The van der Waals surface area contributed by atoms with Crippen LogP contribution in [0.5, 0.6) is 0 Å². The van der Waals surface area contributed by atoms with Gasteiger partial charge in [-0.3, -0.25) is 4.79 Å². The summed E-state index contributed by atoms with van der Waals surface area (Å²) >= 11 is 0. The molecule has 1 N–H and O–H groups in total. The van der Waals surface area contributed by atoms with Crippen LogP contribution in [-0.2, 0) is 9.53 Å². The Morgan fingerprint density at radius 1 is 1.53 bits per heavy atom. The first-order valence-electron chi connectivity index (χ1n) is 6.12. The van der Waals surface area contributed by atoms with Gasteiger partial charge in [0.15, 0.2) is 0 Å². The summed E-state index contributed by atoms with van der Waals surface area (Å²) in [6.07, 6.45) is 12.7. The Morgan fingerprint density at radius 3 is 2.94 bits per heavy atom. The molecular weight excluding hydrogens is 214 g/mol. The Balaban J connectivity index is 1.79. The highest BCUT2D eigenvalue weighted by Gasteiger charge is 2.45. The van der Waals surface area contributed by atoms with Crippen LogP contribution in [0.15, 0.2) is 36.6 Å². The molecule has 0 aromatic rings. The van der Waals surface area contributed by atoms with Gasteiger partial charge in [0, 0.05) is 5.41 Å². The molecule has 0 aromatic carbocycles. The fourth-order valence-electron chi connectivity index (χ4n) is 2.17. The molecule has 0 saturated heterocycles. The maximum Gasteiger partial charge on any atom is 0.249 e. The molecule has 2 aliphatic carbocycles. The summed E-state index contributed by atoms with van der Waals surface area (Å²) in [4.78, 5) is 11.2. The molecule has 2 rings (SSSR count). The average Bonchev–Trinajstić information content (AvgIpc) is 3.12. The largest absolute Gasteiger partial charge is 0.371 e. The fraction of sp³-hybridized carbons (Fsp3) is 0.500. The predicted molar refractivity (Wildman–Crippen MR) is 67.3 cm³/mol. The van der Waals surface area contributed by atoms with Crippen molar-refractivity contribution in [2.24, 2.45) is 5.41 Å². The van der Waals surface area contributed by atoms with Crippen molar-refractivity contribution in [3.05, 3.63) is 36.6 Å². The summed E-state index contributed by atoms with van der Waals surface area (Å²) in [7, 11) is 0. The molecule has 17 heavy (non-hydrogen) atoms. The number of rotatable bonds is 6. The van der Waals surface area contributed by atoms with E-state index in [0.717, 1.165) is 12.8 Å². The number of carbonyl (C=O) groups excluding carboxylic acids is 1. The van der Waals surface area contributed by atoms with Crippen LogP contribution in [0.2, 0.25) is 0 Å². The topological polar surface area (TPSA) is 38.3 Å².